The molecule has 0 aromatic heterocycles. The minimum atomic E-state index is 0.288. The number of hydrogen-bond donors (Lipinski definition) is 1. The molecule has 3 unspecified atom stereocenters. The van der Waals surface area contributed by atoms with Crippen molar-refractivity contribution in [3.05, 3.63) is 83.0 Å². The Morgan fingerprint density at radius 2 is 1.88 bits per heavy atom. The van der Waals surface area contributed by atoms with Gasteiger partial charge in [-0.3, -0.25) is 0 Å². The summed E-state index contributed by atoms with van der Waals surface area (Å²) in [6.45, 7) is 7.16. The zero-order valence-corrected chi connectivity index (χ0v) is 15.1. The summed E-state index contributed by atoms with van der Waals surface area (Å²) < 4.78 is 5.74. The number of allylic oxidation sites excluding steroid dienone is 3. The van der Waals surface area contributed by atoms with E-state index >= 15 is 0 Å². The van der Waals surface area contributed by atoms with Gasteiger partial charge in [0.15, 0.2) is 0 Å². The van der Waals surface area contributed by atoms with E-state index in [9.17, 15) is 0 Å². The summed E-state index contributed by atoms with van der Waals surface area (Å²) in [7, 11) is 0. The van der Waals surface area contributed by atoms with Crippen LogP contribution in [0.15, 0.2) is 71.8 Å². The van der Waals surface area contributed by atoms with E-state index in [1.807, 2.05) is 6.92 Å². The van der Waals surface area contributed by atoms with Gasteiger partial charge in [-0.2, -0.15) is 0 Å². The van der Waals surface area contributed by atoms with Crippen molar-refractivity contribution in [3.8, 4) is 5.75 Å². The topological polar surface area (TPSA) is 21.3 Å². The van der Waals surface area contributed by atoms with Crippen LogP contribution in [0.25, 0.3) is 0 Å². The number of nitrogens with one attached hydrogen (secondary N) is 1. The van der Waals surface area contributed by atoms with Gasteiger partial charge in [-0.15, -0.1) is 0 Å². The predicted molar refractivity (Wildman–Crippen MR) is 104 cm³/mol. The number of anilines is 1. The van der Waals surface area contributed by atoms with E-state index < -0.39 is 0 Å². The molecule has 1 aliphatic carbocycles. The number of rotatable bonds is 3. The van der Waals surface area contributed by atoms with Crippen LogP contribution in [0.2, 0.25) is 0 Å². The smallest absolute Gasteiger partial charge is 0.119 e. The molecule has 0 amide bonds. The molecule has 1 aliphatic heterocycles. The average molecular weight is 331 g/mol. The standard InChI is InChI=1S/C23H25NO/c1-4-25-17-10-13-21-20(14-17)19-12-11-18(15(2)3)22(19)23(24-21)16-8-6-5-7-9-16/h5-14,19,22-24H,4H2,1-3H3. The lowest BCUT2D eigenvalue weighted by atomic mass is 9.74. The minimum absolute atomic E-state index is 0.288. The van der Waals surface area contributed by atoms with E-state index in [1.54, 1.807) is 0 Å². The van der Waals surface area contributed by atoms with Crippen molar-refractivity contribution in [1.82, 2.24) is 0 Å². The third-order valence-corrected chi connectivity index (χ3v) is 5.33. The maximum atomic E-state index is 5.74. The molecule has 2 aliphatic rings. The van der Waals surface area contributed by atoms with Crippen LogP contribution in [0.5, 0.6) is 5.75 Å². The largest absolute Gasteiger partial charge is 0.494 e. The summed E-state index contributed by atoms with van der Waals surface area (Å²) >= 11 is 0. The van der Waals surface area contributed by atoms with Crippen LogP contribution in [-0.4, -0.2) is 6.61 Å². The summed E-state index contributed by atoms with van der Waals surface area (Å²) in [4.78, 5) is 0. The molecular weight excluding hydrogens is 306 g/mol. The van der Waals surface area contributed by atoms with Crippen LogP contribution in [-0.2, 0) is 0 Å². The fourth-order valence-electron chi connectivity index (χ4n) is 4.23. The second-order valence-electron chi connectivity index (χ2n) is 7.08. The highest BCUT2D eigenvalue weighted by Crippen LogP contribution is 2.53. The van der Waals surface area contributed by atoms with Crippen molar-refractivity contribution < 1.29 is 4.74 Å². The van der Waals surface area contributed by atoms with Crippen molar-refractivity contribution in [2.75, 3.05) is 11.9 Å². The first-order valence-electron chi connectivity index (χ1n) is 9.13. The van der Waals surface area contributed by atoms with Crippen molar-refractivity contribution in [1.29, 1.82) is 0 Å². The second kappa shape index (κ2) is 6.44. The fraction of sp³-hybridized carbons (Fsp3) is 0.304. The van der Waals surface area contributed by atoms with Gasteiger partial charge < -0.3 is 10.1 Å². The first-order chi connectivity index (χ1) is 12.2. The zero-order chi connectivity index (χ0) is 17.4. The van der Waals surface area contributed by atoms with Gasteiger partial charge in [0.05, 0.1) is 12.6 Å². The molecule has 0 radical (unpaired) electrons. The van der Waals surface area contributed by atoms with E-state index in [0.29, 0.717) is 18.4 Å². The fourth-order valence-corrected chi connectivity index (χ4v) is 4.23. The summed E-state index contributed by atoms with van der Waals surface area (Å²) in [6.07, 6.45) is 4.70. The molecule has 0 spiro atoms. The molecule has 2 aromatic carbocycles. The van der Waals surface area contributed by atoms with E-state index in [4.69, 9.17) is 4.74 Å². The zero-order valence-electron chi connectivity index (χ0n) is 15.1. The van der Waals surface area contributed by atoms with Crippen molar-refractivity contribution in [2.24, 2.45) is 5.92 Å². The molecule has 0 bridgehead atoms. The van der Waals surface area contributed by atoms with Crippen molar-refractivity contribution in [3.63, 3.8) is 0 Å². The Morgan fingerprint density at radius 3 is 2.60 bits per heavy atom. The molecule has 0 saturated heterocycles. The van der Waals surface area contributed by atoms with E-state index in [0.717, 1.165) is 5.75 Å². The van der Waals surface area contributed by atoms with E-state index in [2.05, 4.69) is 79.8 Å². The lowest BCUT2D eigenvalue weighted by Crippen LogP contribution is -2.30. The molecule has 0 saturated carbocycles. The number of ether oxygens (including phenoxy) is 1. The predicted octanol–water partition coefficient (Wildman–Crippen LogP) is 5.86. The third-order valence-electron chi connectivity index (χ3n) is 5.33. The highest BCUT2D eigenvalue weighted by Gasteiger charge is 2.40. The van der Waals surface area contributed by atoms with Gasteiger partial charge in [0.25, 0.3) is 0 Å². The molecule has 3 atom stereocenters. The highest BCUT2D eigenvalue weighted by molar-refractivity contribution is 5.64. The molecule has 4 rings (SSSR count). The van der Waals surface area contributed by atoms with Crippen LogP contribution in [0.1, 0.15) is 43.9 Å². The Kier molecular flexibility index (Phi) is 4.12. The molecular formula is C23H25NO. The van der Waals surface area contributed by atoms with Gasteiger partial charge in [0.1, 0.15) is 5.75 Å². The molecule has 2 nitrogen and oxygen atoms in total. The summed E-state index contributed by atoms with van der Waals surface area (Å²) in [6, 6.07) is 17.5. The average Bonchev–Trinajstić information content (AvgIpc) is 3.08. The number of hydrogen-bond acceptors (Lipinski definition) is 2. The SMILES string of the molecule is CCOc1ccc2c(c1)C1C=CC(=C(C)C)C1C(c1ccccc1)N2. The van der Waals surface area contributed by atoms with Gasteiger partial charge >= 0.3 is 0 Å². The summed E-state index contributed by atoms with van der Waals surface area (Å²) in [5, 5.41) is 3.81. The maximum Gasteiger partial charge on any atom is 0.119 e. The van der Waals surface area contributed by atoms with Gasteiger partial charge in [-0.1, -0.05) is 48.1 Å². The first-order valence-corrected chi connectivity index (χ1v) is 9.13. The normalized spacial score (nSPS) is 23.6. The van der Waals surface area contributed by atoms with E-state index in [-0.39, 0.29) is 6.04 Å². The quantitative estimate of drug-likeness (QED) is 0.761. The van der Waals surface area contributed by atoms with Gasteiger partial charge in [-0.25, -0.2) is 0 Å². The summed E-state index contributed by atoms with van der Waals surface area (Å²) in [5.74, 6) is 1.78. The third kappa shape index (κ3) is 2.76. The Balaban J connectivity index is 1.83. The Hall–Kier alpha value is -2.48. The molecule has 25 heavy (non-hydrogen) atoms. The Labute approximate surface area is 150 Å². The maximum absolute atomic E-state index is 5.74. The Morgan fingerprint density at radius 1 is 1.08 bits per heavy atom. The molecule has 2 aromatic rings. The first kappa shape index (κ1) is 16.0. The monoisotopic (exact) mass is 331 g/mol. The minimum Gasteiger partial charge on any atom is -0.494 e. The molecule has 1 heterocycles. The number of fused-ring (bicyclic) bond motifs is 3. The molecule has 0 fully saturated rings. The van der Waals surface area contributed by atoms with Crippen LogP contribution < -0.4 is 10.1 Å². The lowest BCUT2D eigenvalue weighted by molar-refractivity contribution is 0.339. The van der Waals surface area contributed by atoms with E-state index in [1.165, 1.54) is 28.0 Å². The van der Waals surface area contributed by atoms with Crippen LogP contribution in [0, 0.1) is 5.92 Å². The Bertz CT molecular complexity index is 830. The van der Waals surface area contributed by atoms with Crippen molar-refractivity contribution >= 4 is 5.69 Å². The second-order valence-corrected chi connectivity index (χ2v) is 7.08. The van der Waals surface area contributed by atoms with Gasteiger partial charge in [-0.05, 0) is 55.7 Å². The van der Waals surface area contributed by atoms with Crippen LogP contribution >= 0.6 is 0 Å². The lowest BCUT2D eigenvalue weighted by Gasteiger charge is -2.38. The molecule has 1 N–H and O–H groups in total. The van der Waals surface area contributed by atoms with Gasteiger partial charge in [0.2, 0.25) is 0 Å². The van der Waals surface area contributed by atoms with Gasteiger partial charge in [0, 0.05) is 17.5 Å². The highest BCUT2D eigenvalue weighted by atomic mass is 16.5. The number of benzene rings is 2. The van der Waals surface area contributed by atoms with Crippen molar-refractivity contribution in [2.45, 2.75) is 32.7 Å². The molecule has 128 valence electrons. The van der Waals surface area contributed by atoms with Crippen LogP contribution in [0.3, 0.4) is 0 Å². The summed E-state index contributed by atoms with van der Waals surface area (Å²) in [5.41, 5.74) is 6.77. The molecule has 2 heteroatoms. The van der Waals surface area contributed by atoms with Crippen LogP contribution in [0.4, 0.5) is 5.69 Å².